The first-order valence-electron chi connectivity index (χ1n) is 5.84. The molecule has 0 saturated carbocycles. The normalized spacial score (nSPS) is 9.62. The second-order valence-corrected chi connectivity index (χ2v) is 3.82. The molecule has 2 aromatic rings. The summed E-state index contributed by atoms with van der Waals surface area (Å²) in [7, 11) is 2.95. The topological polar surface area (TPSA) is 115 Å². The summed E-state index contributed by atoms with van der Waals surface area (Å²) in [4.78, 5) is 7.90. The first-order valence-corrected chi connectivity index (χ1v) is 5.84. The lowest BCUT2D eigenvalue weighted by molar-refractivity contribution is 0.366. The lowest BCUT2D eigenvalue weighted by Crippen LogP contribution is -2.11. The second kappa shape index (κ2) is 6.40. The molecule has 0 saturated heterocycles. The van der Waals surface area contributed by atoms with Gasteiger partial charge in [0.15, 0.2) is 5.82 Å². The van der Waals surface area contributed by atoms with Gasteiger partial charge < -0.3 is 19.6 Å². The van der Waals surface area contributed by atoms with Crippen LogP contribution in [0.3, 0.4) is 0 Å². The summed E-state index contributed by atoms with van der Waals surface area (Å²) in [5, 5.41) is 8.99. The molecule has 0 amide bonds. The lowest BCUT2D eigenvalue weighted by atomic mass is 10.2. The minimum absolute atomic E-state index is 0.164. The number of nitrogens with zero attached hydrogens (tertiary/aromatic N) is 3. The molecule has 0 fully saturated rings. The fourth-order valence-corrected chi connectivity index (χ4v) is 1.64. The molecule has 1 heterocycles. The maximum absolute atomic E-state index is 8.99. The van der Waals surface area contributed by atoms with Crippen molar-refractivity contribution in [3.8, 4) is 29.2 Å². The average molecular weight is 287 g/mol. The van der Waals surface area contributed by atoms with Gasteiger partial charge in [-0.05, 0) is 12.1 Å². The summed E-state index contributed by atoms with van der Waals surface area (Å²) in [5.74, 6) is 6.91. The summed E-state index contributed by atoms with van der Waals surface area (Å²) in [6.45, 7) is 0. The van der Waals surface area contributed by atoms with Gasteiger partial charge in [-0.3, -0.25) is 0 Å². The number of ether oxygens (including phenoxy) is 3. The Morgan fingerprint density at radius 1 is 1.14 bits per heavy atom. The Morgan fingerprint density at radius 2 is 1.90 bits per heavy atom. The molecule has 1 aromatic heterocycles. The van der Waals surface area contributed by atoms with Crippen LogP contribution in [0, 0.1) is 11.3 Å². The second-order valence-electron chi connectivity index (χ2n) is 3.82. The molecule has 0 spiro atoms. The minimum atomic E-state index is 0.164. The zero-order valence-corrected chi connectivity index (χ0v) is 11.5. The molecule has 0 aliphatic carbocycles. The van der Waals surface area contributed by atoms with Crippen molar-refractivity contribution < 1.29 is 14.2 Å². The Labute approximate surface area is 121 Å². The zero-order valence-electron chi connectivity index (χ0n) is 11.5. The maximum Gasteiger partial charge on any atom is 0.268 e. The molecule has 0 aliphatic heterocycles. The fourth-order valence-electron chi connectivity index (χ4n) is 1.64. The number of hydrogen-bond donors (Lipinski definition) is 2. The average Bonchev–Trinajstić information content (AvgIpc) is 2.54. The van der Waals surface area contributed by atoms with E-state index in [0.29, 0.717) is 17.1 Å². The summed E-state index contributed by atoms with van der Waals surface area (Å²) >= 11 is 0. The minimum Gasteiger partial charge on any atom is -0.497 e. The molecule has 0 aliphatic rings. The molecule has 0 atom stereocenters. The molecule has 108 valence electrons. The Balaban J connectivity index is 2.41. The fraction of sp³-hybridized carbons (Fsp3) is 0.154. The zero-order chi connectivity index (χ0) is 15.2. The van der Waals surface area contributed by atoms with E-state index in [1.165, 1.54) is 20.5 Å². The van der Waals surface area contributed by atoms with Crippen molar-refractivity contribution in [2.24, 2.45) is 5.84 Å². The van der Waals surface area contributed by atoms with Gasteiger partial charge in [-0.1, -0.05) is 0 Å². The molecule has 8 heteroatoms. The first kappa shape index (κ1) is 14.4. The highest BCUT2D eigenvalue weighted by Gasteiger charge is 2.14. The van der Waals surface area contributed by atoms with Crippen molar-refractivity contribution in [2.75, 3.05) is 19.6 Å². The van der Waals surface area contributed by atoms with E-state index in [-0.39, 0.29) is 17.4 Å². The molecule has 0 radical (unpaired) electrons. The monoisotopic (exact) mass is 287 g/mol. The Morgan fingerprint density at radius 3 is 2.52 bits per heavy atom. The highest BCUT2D eigenvalue weighted by Crippen LogP contribution is 2.35. The van der Waals surface area contributed by atoms with Crippen LogP contribution in [0.25, 0.3) is 0 Å². The first-order chi connectivity index (χ1) is 10.2. The van der Waals surface area contributed by atoms with E-state index in [2.05, 4.69) is 15.4 Å². The largest absolute Gasteiger partial charge is 0.497 e. The Kier molecular flexibility index (Phi) is 4.38. The van der Waals surface area contributed by atoms with Crippen LogP contribution in [0.4, 0.5) is 5.82 Å². The molecule has 8 nitrogen and oxygen atoms in total. The maximum atomic E-state index is 8.99. The molecule has 0 unspecified atom stereocenters. The summed E-state index contributed by atoms with van der Waals surface area (Å²) in [6.07, 6.45) is 1.28. The van der Waals surface area contributed by atoms with E-state index >= 15 is 0 Å². The van der Waals surface area contributed by atoms with Gasteiger partial charge in [-0.2, -0.15) is 10.2 Å². The molecule has 0 bridgehead atoms. The highest BCUT2D eigenvalue weighted by atomic mass is 16.5. The number of benzene rings is 1. The third-order valence-electron chi connectivity index (χ3n) is 2.57. The van der Waals surface area contributed by atoms with Gasteiger partial charge in [0, 0.05) is 6.07 Å². The number of anilines is 1. The highest BCUT2D eigenvalue weighted by molar-refractivity contribution is 5.55. The van der Waals surface area contributed by atoms with E-state index in [0.717, 1.165) is 0 Å². The van der Waals surface area contributed by atoms with Crippen molar-refractivity contribution in [3.63, 3.8) is 0 Å². The van der Waals surface area contributed by atoms with E-state index < -0.39 is 0 Å². The number of hydrogen-bond acceptors (Lipinski definition) is 8. The predicted molar refractivity (Wildman–Crippen MR) is 74.2 cm³/mol. The van der Waals surface area contributed by atoms with Gasteiger partial charge in [-0.25, -0.2) is 10.8 Å². The number of nitrogens with two attached hydrogens (primary N) is 1. The van der Waals surface area contributed by atoms with E-state index in [4.69, 9.17) is 25.3 Å². The van der Waals surface area contributed by atoms with Crippen LogP contribution < -0.4 is 25.5 Å². The number of aromatic nitrogens is 2. The molecule has 21 heavy (non-hydrogen) atoms. The van der Waals surface area contributed by atoms with Crippen LogP contribution in [-0.2, 0) is 0 Å². The van der Waals surface area contributed by atoms with Crippen molar-refractivity contribution in [2.45, 2.75) is 0 Å². The Bertz CT molecular complexity index is 684. The molecule has 3 N–H and O–H groups in total. The van der Waals surface area contributed by atoms with Crippen molar-refractivity contribution in [3.05, 3.63) is 30.1 Å². The van der Waals surface area contributed by atoms with Gasteiger partial charge >= 0.3 is 0 Å². The van der Waals surface area contributed by atoms with Crippen LogP contribution in [0.2, 0.25) is 0 Å². The number of hydrazine groups is 1. The van der Waals surface area contributed by atoms with Crippen molar-refractivity contribution in [1.29, 1.82) is 5.26 Å². The van der Waals surface area contributed by atoms with Gasteiger partial charge in [0.05, 0.1) is 25.9 Å². The van der Waals surface area contributed by atoms with E-state index in [9.17, 15) is 0 Å². The van der Waals surface area contributed by atoms with E-state index in [1.807, 2.05) is 6.07 Å². The SMILES string of the molecule is COc1cc(C#N)cc(Oc2ncnc(NN)c2OC)c1. The third kappa shape index (κ3) is 3.10. The molecule has 1 aromatic carbocycles. The third-order valence-corrected chi connectivity index (χ3v) is 2.57. The number of nitrogens with one attached hydrogen (secondary N) is 1. The van der Waals surface area contributed by atoms with E-state index in [1.54, 1.807) is 18.2 Å². The molecule has 2 rings (SSSR count). The van der Waals surface area contributed by atoms with Gasteiger partial charge in [-0.15, -0.1) is 0 Å². The van der Waals surface area contributed by atoms with Crippen molar-refractivity contribution >= 4 is 5.82 Å². The predicted octanol–water partition coefficient (Wildman–Crippen LogP) is 1.44. The standard InChI is InChI=1S/C13H13N5O3/c1-19-9-3-8(6-14)4-10(5-9)21-13-11(20-2)12(18-15)16-7-17-13/h3-5,7H,15H2,1-2H3,(H,16,17,18). The number of methoxy groups -OCH3 is 2. The molecular formula is C13H13N5O3. The van der Waals surface area contributed by atoms with Gasteiger partial charge in [0.2, 0.25) is 5.75 Å². The Hall–Kier alpha value is -3.05. The number of nitriles is 1. The van der Waals surface area contributed by atoms with Gasteiger partial charge in [0.1, 0.15) is 17.8 Å². The van der Waals surface area contributed by atoms with Crippen LogP contribution >= 0.6 is 0 Å². The quantitative estimate of drug-likeness (QED) is 0.627. The van der Waals surface area contributed by atoms with Gasteiger partial charge in [0.25, 0.3) is 5.88 Å². The summed E-state index contributed by atoms with van der Waals surface area (Å²) in [5.41, 5.74) is 2.78. The smallest absolute Gasteiger partial charge is 0.268 e. The van der Waals surface area contributed by atoms with Crippen LogP contribution in [0.5, 0.6) is 23.1 Å². The summed E-state index contributed by atoms with van der Waals surface area (Å²) < 4.78 is 15.9. The number of rotatable bonds is 5. The van der Waals surface area contributed by atoms with Crippen LogP contribution in [-0.4, -0.2) is 24.2 Å². The van der Waals surface area contributed by atoms with Crippen molar-refractivity contribution in [1.82, 2.24) is 9.97 Å². The molecular weight excluding hydrogens is 274 g/mol. The van der Waals surface area contributed by atoms with Crippen LogP contribution in [0.15, 0.2) is 24.5 Å². The lowest BCUT2D eigenvalue weighted by Gasteiger charge is -2.12. The summed E-state index contributed by atoms with van der Waals surface area (Å²) in [6, 6.07) is 6.79. The number of nitrogen functional groups attached to an aromatic ring is 1. The van der Waals surface area contributed by atoms with Crippen LogP contribution in [0.1, 0.15) is 5.56 Å².